The number of imidazole rings is 1. The Labute approximate surface area is 301 Å². The van der Waals surface area contributed by atoms with Crippen molar-refractivity contribution in [3.63, 3.8) is 0 Å². The van der Waals surface area contributed by atoms with E-state index in [4.69, 9.17) is 9.47 Å². The standard InChI is InChI=1S/C40H40N6O6/c1-40(2)51-35-33(23-27-11-5-3-6-12-27)44(25-29-15-9-17-31(21-29)37(47)43-38-41-19-20-42-38)39(48)45(26-30-16-10-18-32(22-30)46(49)50)34(36(35)52-40)24-28-13-7-4-8-14-28/h3-22,33-36H,23-26H2,1-2H3,(H2,41,42,43,47)/t33-,34-,35+,36+/m1/s1. The first kappa shape index (κ1) is 34.6. The summed E-state index contributed by atoms with van der Waals surface area (Å²) in [7, 11) is 0. The number of amides is 3. The van der Waals surface area contributed by atoms with E-state index in [9.17, 15) is 14.9 Å². The molecule has 0 saturated carbocycles. The summed E-state index contributed by atoms with van der Waals surface area (Å²) >= 11 is 0. The number of nitro groups is 1. The average Bonchev–Trinajstić information content (AvgIpc) is 3.77. The zero-order chi connectivity index (χ0) is 36.2. The van der Waals surface area contributed by atoms with Gasteiger partial charge in [-0.05, 0) is 61.1 Å². The van der Waals surface area contributed by atoms with Crippen molar-refractivity contribution in [3.05, 3.63) is 160 Å². The lowest BCUT2D eigenvalue weighted by Crippen LogP contribution is -2.51. The molecule has 0 spiro atoms. The smallest absolute Gasteiger partial charge is 0.321 e. The molecule has 0 aliphatic carbocycles. The van der Waals surface area contributed by atoms with Gasteiger partial charge in [-0.2, -0.15) is 0 Å². The van der Waals surface area contributed by atoms with Gasteiger partial charge in [-0.1, -0.05) is 84.9 Å². The molecule has 5 aromatic rings. The number of H-pyrrole nitrogens is 1. The molecule has 4 aromatic carbocycles. The molecule has 3 amide bonds. The van der Waals surface area contributed by atoms with Crippen molar-refractivity contribution in [3.8, 4) is 0 Å². The molecule has 4 atom stereocenters. The van der Waals surface area contributed by atoms with Gasteiger partial charge in [-0.3, -0.25) is 20.2 Å². The van der Waals surface area contributed by atoms with Gasteiger partial charge in [0, 0.05) is 43.2 Å². The Kier molecular flexibility index (Phi) is 9.84. The first-order valence-electron chi connectivity index (χ1n) is 17.3. The van der Waals surface area contributed by atoms with Gasteiger partial charge >= 0.3 is 6.03 Å². The van der Waals surface area contributed by atoms with Crippen LogP contribution in [0.15, 0.2) is 122 Å². The molecule has 2 N–H and O–H groups in total. The number of hydrogen-bond donors (Lipinski definition) is 2. The van der Waals surface area contributed by atoms with E-state index in [0.29, 0.717) is 29.9 Å². The molecule has 3 heterocycles. The molecule has 0 radical (unpaired) electrons. The number of nitro benzene ring substituents is 1. The van der Waals surface area contributed by atoms with Gasteiger partial charge in [0.1, 0.15) is 12.2 Å². The van der Waals surface area contributed by atoms with E-state index in [-0.39, 0.29) is 30.7 Å². The summed E-state index contributed by atoms with van der Waals surface area (Å²) in [5, 5.41) is 14.5. The van der Waals surface area contributed by atoms with E-state index in [0.717, 1.165) is 16.7 Å². The van der Waals surface area contributed by atoms with Crippen LogP contribution in [0.3, 0.4) is 0 Å². The van der Waals surface area contributed by atoms with Gasteiger partial charge in [0.25, 0.3) is 11.6 Å². The molecule has 1 aromatic heterocycles. The highest BCUT2D eigenvalue weighted by Gasteiger charge is 2.55. The Hall–Kier alpha value is -5.85. The van der Waals surface area contributed by atoms with Gasteiger partial charge in [0.2, 0.25) is 5.95 Å². The Morgan fingerprint density at radius 3 is 1.88 bits per heavy atom. The summed E-state index contributed by atoms with van der Waals surface area (Å²) < 4.78 is 13.5. The van der Waals surface area contributed by atoms with Crippen molar-refractivity contribution in [1.82, 2.24) is 19.8 Å². The quantitative estimate of drug-likeness (QED) is 0.115. The average molecular weight is 701 g/mol. The molecule has 266 valence electrons. The maximum atomic E-state index is 15.3. The summed E-state index contributed by atoms with van der Waals surface area (Å²) in [6.45, 7) is 4.04. The van der Waals surface area contributed by atoms with Gasteiger partial charge < -0.3 is 24.3 Å². The molecule has 12 heteroatoms. The van der Waals surface area contributed by atoms with Crippen LogP contribution < -0.4 is 5.32 Å². The van der Waals surface area contributed by atoms with Crippen LogP contribution in [0.25, 0.3) is 0 Å². The monoisotopic (exact) mass is 700 g/mol. The number of nitrogens with one attached hydrogen (secondary N) is 2. The Bertz CT molecular complexity index is 2020. The molecule has 0 unspecified atom stereocenters. The fourth-order valence-corrected chi connectivity index (χ4v) is 7.24. The number of carbonyl (C=O) groups excluding carboxylic acids is 2. The van der Waals surface area contributed by atoms with E-state index in [1.807, 2.05) is 85.5 Å². The van der Waals surface area contributed by atoms with Crippen LogP contribution in [0, 0.1) is 10.1 Å². The summed E-state index contributed by atoms with van der Waals surface area (Å²) in [5.74, 6) is -0.967. The lowest BCUT2D eigenvalue weighted by molar-refractivity contribution is -0.384. The number of urea groups is 1. The van der Waals surface area contributed by atoms with Crippen LogP contribution in [0.2, 0.25) is 0 Å². The molecular formula is C40H40N6O6. The lowest BCUT2D eigenvalue weighted by atomic mass is 9.91. The Balaban J connectivity index is 1.33. The molecule has 2 fully saturated rings. The molecular weight excluding hydrogens is 660 g/mol. The maximum Gasteiger partial charge on any atom is 0.321 e. The van der Waals surface area contributed by atoms with Gasteiger partial charge in [0.15, 0.2) is 5.79 Å². The molecule has 2 saturated heterocycles. The first-order chi connectivity index (χ1) is 25.1. The molecule has 7 rings (SSSR count). The third-order valence-electron chi connectivity index (χ3n) is 9.54. The van der Waals surface area contributed by atoms with E-state index >= 15 is 4.79 Å². The van der Waals surface area contributed by atoms with Gasteiger partial charge in [-0.25, -0.2) is 9.78 Å². The van der Waals surface area contributed by atoms with Crippen molar-refractivity contribution in [1.29, 1.82) is 0 Å². The molecule has 2 aliphatic rings. The number of benzene rings is 4. The molecule has 0 bridgehead atoms. The van der Waals surface area contributed by atoms with Crippen molar-refractivity contribution >= 4 is 23.6 Å². The topological polar surface area (TPSA) is 143 Å². The summed E-state index contributed by atoms with van der Waals surface area (Å²) in [4.78, 5) is 50.4. The second-order valence-electron chi connectivity index (χ2n) is 13.6. The number of carbonyl (C=O) groups is 2. The van der Waals surface area contributed by atoms with Crippen molar-refractivity contribution in [2.24, 2.45) is 0 Å². The van der Waals surface area contributed by atoms with Crippen LogP contribution in [-0.4, -0.2) is 66.7 Å². The number of hydrogen-bond acceptors (Lipinski definition) is 7. The van der Waals surface area contributed by atoms with Gasteiger partial charge in [0.05, 0.1) is 17.0 Å². The third-order valence-corrected chi connectivity index (χ3v) is 9.54. The SMILES string of the molecule is CC1(C)O[C@@H]2[C@@H](O1)[C@@H](Cc1ccccc1)N(Cc1cccc([N+](=O)[O-])c1)C(=O)N(Cc1cccc(C(=O)Nc3ncc[nH]3)c1)[C@@H]2Cc1ccccc1. The first-order valence-corrected chi connectivity index (χ1v) is 17.3. The number of nitrogens with zero attached hydrogens (tertiary/aromatic N) is 4. The molecule has 12 nitrogen and oxygen atoms in total. The predicted molar refractivity (Wildman–Crippen MR) is 194 cm³/mol. The summed E-state index contributed by atoms with van der Waals surface area (Å²) in [6, 6.07) is 32.2. The maximum absolute atomic E-state index is 15.3. The van der Waals surface area contributed by atoms with Gasteiger partial charge in [-0.15, -0.1) is 0 Å². The number of aromatic nitrogens is 2. The molecule has 2 aliphatic heterocycles. The number of aromatic amines is 1. The van der Waals surface area contributed by atoms with Crippen LogP contribution >= 0.6 is 0 Å². The highest BCUT2D eigenvalue weighted by Crippen LogP contribution is 2.40. The van der Waals surface area contributed by atoms with Crippen molar-refractivity contribution < 1.29 is 24.0 Å². The van der Waals surface area contributed by atoms with E-state index in [1.54, 1.807) is 47.6 Å². The third kappa shape index (κ3) is 7.73. The van der Waals surface area contributed by atoms with Crippen molar-refractivity contribution in [2.75, 3.05) is 5.32 Å². The predicted octanol–water partition coefficient (Wildman–Crippen LogP) is 6.75. The number of fused-ring (bicyclic) bond motifs is 1. The summed E-state index contributed by atoms with van der Waals surface area (Å²) in [5.41, 5.74) is 3.75. The minimum absolute atomic E-state index is 0.0534. The van der Waals surface area contributed by atoms with Crippen LogP contribution in [0.1, 0.15) is 46.5 Å². The lowest BCUT2D eigenvalue weighted by Gasteiger charge is -2.37. The second kappa shape index (κ2) is 14.8. The minimum Gasteiger partial charge on any atom is -0.342 e. The minimum atomic E-state index is -0.952. The highest BCUT2D eigenvalue weighted by atomic mass is 16.8. The van der Waals surface area contributed by atoms with Crippen LogP contribution in [0.4, 0.5) is 16.4 Å². The highest BCUT2D eigenvalue weighted by molar-refractivity contribution is 6.03. The largest absolute Gasteiger partial charge is 0.342 e. The number of non-ortho nitro benzene ring substituents is 1. The van der Waals surface area contributed by atoms with E-state index in [2.05, 4.69) is 15.3 Å². The number of rotatable bonds is 11. The van der Waals surface area contributed by atoms with Crippen LogP contribution in [-0.2, 0) is 35.4 Å². The second-order valence-corrected chi connectivity index (χ2v) is 13.6. The van der Waals surface area contributed by atoms with Crippen molar-refractivity contribution in [2.45, 2.75) is 69.9 Å². The fraction of sp³-hybridized carbons (Fsp3) is 0.275. The number of anilines is 1. The fourth-order valence-electron chi connectivity index (χ4n) is 7.24. The zero-order valence-electron chi connectivity index (χ0n) is 28.9. The van der Waals surface area contributed by atoms with Crippen LogP contribution in [0.5, 0.6) is 0 Å². The molecule has 52 heavy (non-hydrogen) atoms. The Morgan fingerprint density at radius 2 is 1.35 bits per heavy atom. The summed E-state index contributed by atoms with van der Waals surface area (Å²) in [6.07, 6.45) is 3.05. The zero-order valence-corrected chi connectivity index (χ0v) is 28.9. The van der Waals surface area contributed by atoms with E-state index in [1.165, 1.54) is 12.1 Å². The number of ether oxygens (including phenoxy) is 2. The Morgan fingerprint density at radius 1 is 0.808 bits per heavy atom. The van der Waals surface area contributed by atoms with E-state index < -0.39 is 35.0 Å². The normalized spacial score (nSPS) is 21.0.